The second-order valence-electron chi connectivity index (χ2n) is 2.37. The van der Waals surface area contributed by atoms with Gasteiger partial charge in [0, 0.05) is 15.6 Å². The van der Waals surface area contributed by atoms with Crippen LogP contribution in [0.15, 0.2) is 17.0 Å². The molecule has 0 radical (unpaired) electrons. The summed E-state index contributed by atoms with van der Waals surface area (Å²) in [5.74, 6) is 0. The molecule has 0 fully saturated rings. The van der Waals surface area contributed by atoms with Crippen LogP contribution in [0.25, 0.3) is 0 Å². The molecule has 0 saturated carbocycles. The fourth-order valence-electron chi connectivity index (χ4n) is 0.830. The number of benzene rings is 1. The third-order valence-electron chi connectivity index (χ3n) is 1.47. The maximum absolute atomic E-state index is 10.5. The van der Waals surface area contributed by atoms with Gasteiger partial charge in [-0.2, -0.15) is 0 Å². The third kappa shape index (κ3) is 1.77. The van der Waals surface area contributed by atoms with Crippen LogP contribution < -0.4 is 5.73 Å². The summed E-state index contributed by atoms with van der Waals surface area (Å²) in [4.78, 5) is 0.0469. The minimum absolute atomic E-state index is 0.0469. The monoisotopic (exact) mass is 204 g/mol. The Morgan fingerprint density at radius 1 is 1.58 bits per heavy atom. The summed E-state index contributed by atoms with van der Waals surface area (Å²) in [6.07, 6.45) is 0. The highest BCUT2D eigenvalue weighted by Gasteiger charge is 2.03. The quantitative estimate of drug-likeness (QED) is 0.557. The predicted octanol–water partition coefficient (Wildman–Crippen LogP) is 1.47. The van der Waals surface area contributed by atoms with Crippen LogP contribution in [0.2, 0.25) is 5.02 Å². The molecule has 3 nitrogen and oxygen atoms in total. The fraction of sp³-hybridized carbons (Fsp3) is 0.143. The van der Waals surface area contributed by atoms with E-state index in [0.29, 0.717) is 5.02 Å². The van der Waals surface area contributed by atoms with Gasteiger partial charge in [-0.15, -0.1) is 0 Å². The lowest BCUT2D eigenvalue weighted by Gasteiger charge is -2.10. The van der Waals surface area contributed by atoms with E-state index in [1.54, 1.807) is 6.92 Å². The molecule has 0 amide bonds. The summed E-state index contributed by atoms with van der Waals surface area (Å²) in [5, 5.41) is 0.406. The van der Waals surface area contributed by atoms with Crippen molar-refractivity contribution in [1.82, 2.24) is 0 Å². The minimum Gasteiger partial charge on any atom is -0.768 e. The molecule has 0 saturated heterocycles. The number of hydrogen-bond donors (Lipinski definition) is 1. The molecule has 0 aliphatic rings. The summed E-state index contributed by atoms with van der Waals surface area (Å²) in [5.41, 5.74) is 6.43. The van der Waals surface area contributed by atoms with Gasteiger partial charge in [-0.05, 0) is 35.7 Å². The van der Waals surface area contributed by atoms with Crippen LogP contribution in [0.1, 0.15) is 5.56 Å². The Balaban J connectivity index is 3.33. The molecule has 1 unspecified atom stereocenters. The van der Waals surface area contributed by atoms with Gasteiger partial charge >= 0.3 is 0 Å². The molecule has 2 N–H and O–H groups in total. The van der Waals surface area contributed by atoms with Gasteiger partial charge in [0.25, 0.3) is 0 Å². The SMILES string of the molecule is Cc1cc(N)c(S(=O)[O-])cc1Cl. The number of anilines is 1. The Hall–Kier alpha value is -0.580. The second kappa shape index (κ2) is 3.43. The largest absolute Gasteiger partial charge is 0.768 e. The zero-order chi connectivity index (χ0) is 9.30. The maximum Gasteiger partial charge on any atom is 0.0493 e. The van der Waals surface area contributed by atoms with Gasteiger partial charge in [0.2, 0.25) is 0 Å². The van der Waals surface area contributed by atoms with Gasteiger partial charge in [-0.25, -0.2) is 0 Å². The standard InChI is InChI=1S/C7H8ClNO2S/c1-4-2-6(9)7(12(10)11)3-5(4)8/h2-3H,9H2,1H3,(H,10,11)/p-1. The Labute approximate surface area is 77.8 Å². The fourth-order valence-corrected chi connectivity index (χ4v) is 1.52. The molecular formula is C7H7ClNO2S-. The number of rotatable bonds is 1. The normalized spacial score (nSPS) is 12.9. The molecule has 1 aromatic carbocycles. The van der Waals surface area contributed by atoms with E-state index in [9.17, 15) is 8.76 Å². The summed E-state index contributed by atoms with van der Waals surface area (Å²) < 4.78 is 21.1. The number of hydrogen-bond acceptors (Lipinski definition) is 3. The molecule has 0 heterocycles. The second-order valence-corrected chi connectivity index (χ2v) is 3.69. The molecule has 0 aliphatic carbocycles. The van der Waals surface area contributed by atoms with Crippen molar-refractivity contribution in [3.8, 4) is 0 Å². The molecule has 0 spiro atoms. The van der Waals surface area contributed by atoms with Crippen molar-refractivity contribution in [3.05, 3.63) is 22.7 Å². The first-order chi connectivity index (χ1) is 5.52. The van der Waals surface area contributed by atoms with Crippen molar-refractivity contribution >= 4 is 28.4 Å². The molecule has 66 valence electrons. The highest BCUT2D eigenvalue weighted by molar-refractivity contribution is 7.79. The molecule has 5 heteroatoms. The van der Waals surface area contributed by atoms with E-state index in [2.05, 4.69) is 0 Å². The molecular weight excluding hydrogens is 198 g/mol. The van der Waals surface area contributed by atoms with Gasteiger partial charge in [-0.1, -0.05) is 11.6 Å². The first-order valence-corrected chi connectivity index (χ1v) is 4.62. The summed E-state index contributed by atoms with van der Waals surface area (Å²) in [6, 6.07) is 2.88. The van der Waals surface area contributed by atoms with Crippen LogP contribution in [0.5, 0.6) is 0 Å². The Bertz CT molecular complexity index is 340. The first-order valence-electron chi connectivity index (χ1n) is 3.17. The van der Waals surface area contributed by atoms with Gasteiger partial charge < -0.3 is 10.3 Å². The molecule has 0 aromatic heterocycles. The van der Waals surface area contributed by atoms with E-state index in [1.165, 1.54) is 12.1 Å². The highest BCUT2D eigenvalue weighted by Crippen LogP contribution is 2.24. The number of nitrogens with two attached hydrogens (primary N) is 1. The van der Waals surface area contributed by atoms with E-state index < -0.39 is 11.1 Å². The lowest BCUT2D eigenvalue weighted by Crippen LogP contribution is -1.97. The summed E-state index contributed by atoms with van der Waals surface area (Å²) in [7, 11) is 0. The lowest BCUT2D eigenvalue weighted by molar-refractivity contribution is 0.537. The zero-order valence-electron chi connectivity index (χ0n) is 6.33. The molecule has 0 bridgehead atoms. The molecule has 1 aromatic rings. The van der Waals surface area contributed by atoms with Crippen molar-refractivity contribution in [2.24, 2.45) is 0 Å². The van der Waals surface area contributed by atoms with Crippen molar-refractivity contribution < 1.29 is 8.76 Å². The molecule has 0 aliphatic heterocycles. The van der Waals surface area contributed by atoms with Crippen molar-refractivity contribution in [1.29, 1.82) is 0 Å². The Morgan fingerprint density at radius 2 is 2.17 bits per heavy atom. The van der Waals surface area contributed by atoms with Crippen LogP contribution in [-0.2, 0) is 11.1 Å². The third-order valence-corrected chi connectivity index (χ3v) is 2.59. The van der Waals surface area contributed by atoms with E-state index in [0.717, 1.165) is 5.56 Å². The highest BCUT2D eigenvalue weighted by atomic mass is 35.5. The zero-order valence-corrected chi connectivity index (χ0v) is 7.91. The number of aryl methyl sites for hydroxylation is 1. The Morgan fingerprint density at radius 3 is 2.67 bits per heavy atom. The summed E-state index contributed by atoms with van der Waals surface area (Å²) in [6.45, 7) is 1.76. The number of nitrogen functional groups attached to an aromatic ring is 1. The van der Waals surface area contributed by atoms with Gasteiger partial charge in [0.15, 0.2) is 0 Å². The van der Waals surface area contributed by atoms with Gasteiger partial charge in [-0.3, -0.25) is 4.21 Å². The maximum atomic E-state index is 10.5. The predicted molar refractivity (Wildman–Crippen MR) is 47.8 cm³/mol. The minimum atomic E-state index is -2.32. The van der Waals surface area contributed by atoms with Gasteiger partial charge in [0.05, 0.1) is 0 Å². The van der Waals surface area contributed by atoms with Crippen molar-refractivity contribution in [2.75, 3.05) is 5.73 Å². The smallest absolute Gasteiger partial charge is 0.0493 e. The Kier molecular flexibility index (Phi) is 2.72. The molecule has 12 heavy (non-hydrogen) atoms. The van der Waals surface area contributed by atoms with Crippen LogP contribution >= 0.6 is 11.6 Å². The van der Waals surface area contributed by atoms with E-state index in [4.69, 9.17) is 17.3 Å². The van der Waals surface area contributed by atoms with Crippen molar-refractivity contribution in [3.63, 3.8) is 0 Å². The van der Waals surface area contributed by atoms with Crippen LogP contribution in [0.4, 0.5) is 5.69 Å². The topological polar surface area (TPSA) is 66.2 Å². The van der Waals surface area contributed by atoms with Crippen molar-refractivity contribution in [2.45, 2.75) is 11.8 Å². The van der Waals surface area contributed by atoms with E-state index in [1.807, 2.05) is 0 Å². The van der Waals surface area contributed by atoms with E-state index in [-0.39, 0.29) is 10.6 Å². The van der Waals surface area contributed by atoms with E-state index >= 15 is 0 Å². The lowest BCUT2D eigenvalue weighted by atomic mass is 10.2. The first kappa shape index (κ1) is 9.51. The van der Waals surface area contributed by atoms with Crippen LogP contribution in [0, 0.1) is 6.92 Å². The summed E-state index contributed by atoms with van der Waals surface area (Å²) >= 11 is 3.38. The average Bonchev–Trinajstić information content (AvgIpc) is 1.96. The number of halogens is 1. The van der Waals surface area contributed by atoms with Crippen LogP contribution in [0.3, 0.4) is 0 Å². The van der Waals surface area contributed by atoms with Crippen LogP contribution in [-0.4, -0.2) is 8.76 Å². The van der Waals surface area contributed by atoms with Gasteiger partial charge in [0.1, 0.15) is 0 Å². The average molecular weight is 205 g/mol. The molecule has 1 atom stereocenters. The molecule has 1 rings (SSSR count).